The third-order valence-electron chi connectivity index (χ3n) is 10.3. The van der Waals surface area contributed by atoms with E-state index >= 15 is 0 Å². The lowest BCUT2D eigenvalue weighted by Crippen LogP contribution is -2.14. The van der Waals surface area contributed by atoms with Gasteiger partial charge in [0, 0.05) is 11.8 Å². The lowest BCUT2D eigenvalue weighted by Gasteiger charge is -2.29. The van der Waals surface area contributed by atoms with E-state index in [2.05, 4.69) is 196 Å². The Kier molecular flexibility index (Phi) is 12.1. The highest BCUT2D eigenvalue weighted by molar-refractivity contribution is 5.64. The van der Waals surface area contributed by atoms with E-state index in [-0.39, 0.29) is 11.8 Å². The molecule has 3 atom stereocenters. The van der Waals surface area contributed by atoms with Crippen LogP contribution in [0, 0.1) is 0 Å². The Morgan fingerprint density at radius 1 is 0.388 bits per heavy atom. The Bertz CT molecular complexity index is 1780. The van der Waals surface area contributed by atoms with E-state index in [1.807, 2.05) is 0 Å². The zero-order valence-corrected chi connectivity index (χ0v) is 29.2. The molecule has 0 spiro atoms. The fourth-order valence-corrected chi connectivity index (χ4v) is 7.64. The first kappa shape index (κ1) is 33.9. The van der Waals surface area contributed by atoms with E-state index in [0.29, 0.717) is 11.8 Å². The molecule has 6 aromatic carbocycles. The zero-order valence-electron chi connectivity index (χ0n) is 29.2. The predicted molar refractivity (Wildman–Crippen MR) is 210 cm³/mol. The standard InChI is InChI=1S/C49H50/c1-3-5-10-19-40(39-20-11-6-12-21-39)29-28-38(4-2)41-30-32-42(33-31-41)43-34-36-47(37-35-43)49(46-26-17-9-18-27-46)48(44-22-13-7-14-23-44)45-24-15-8-16-25-45/h3,5-9,11-18,20-27,30-38,40,48-49H,4,10,19,28-29H2,1-2H3/b5-3+. The van der Waals surface area contributed by atoms with Crippen molar-refractivity contribution in [2.24, 2.45) is 0 Å². The van der Waals surface area contributed by atoms with Crippen molar-refractivity contribution in [3.63, 3.8) is 0 Å². The molecule has 0 fully saturated rings. The van der Waals surface area contributed by atoms with Crippen LogP contribution in [0.3, 0.4) is 0 Å². The van der Waals surface area contributed by atoms with Gasteiger partial charge in [0.15, 0.2) is 0 Å². The minimum atomic E-state index is 0.186. The van der Waals surface area contributed by atoms with Crippen LogP contribution in [0.1, 0.15) is 103 Å². The molecule has 0 aliphatic carbocycles. The third-order valence-corrected chi connectivity index (χ3v) is 10.3. The quantitative estimate of drug-likeness (QED) is 0.0982. The van der Waals surface area contributed by atoms with E-state index < -0.39 is 0 Å². The summed E-state index contributed by atoms with van der Waals surface area (Å²) in [6.07, 6.45) is 10.4. The maximum Gasteiger partial charge on any atom is 0.0199 e. The zero-order chi connectivity index (χ0) is 33.7. The van der Waals surface area contributed by atoms with Gasteiger partial charge in [0.2, 0.25) is 0 Å². The molecule has 6 aromatic rings. The minimum absolute atomic E-state index is 0.186. The summed E-state index contributed by atoms with van der Waals surface area (Å²) in [5, 5.41) is 0. The Labute approximate surface area is 295 Å². The van der Waals surface area contributed by atoms with Crippen molar-refractivity contribution in [3.05, 3.63) is 215 Å². The maximum atomic E-state index is 2.38. The van der Waals surface area contributed by atoms with Crippen molar-refractivity contribution < 1.29 is 0 Å². The Balaban J connectivity index is 1.22. The van der Waals surface area contributed by atoms with Crippen molar-refractivity contribution in [1.29, 1.82) is 0 Å². The van der Waals surface area contributed by atoms with Gasteiger partial charge in [-0.2, -0.15) is 0 Å². The summed E-state index contributed by atoms with van der Waals surface area (Å²) in [5.41, 5.74) is 10.8. The van der Waals surface area contributed by atoms with E-state index in [9.17, 15) is 0 Å². The molecule has 0 saturated heterocycles. The van der Waals surface area contributed by atoms with Crippen molar-refractivity contribution in [1.82, 2.24) is 0 Å². The number of rotatable bonds is 15. The molecule has 0 nitrogen and oxygen atoms in total. The van der Waals surface area contributed by atoms with E-state index in [1.54, 1.807) is 0 Å². The molecular formula is C49H50. The first-order valence-corrected chi connectivity index (χ1v) is 18.3. The van der Waals surface area contributed by atoms with Crippen LogP contribution in [-0.2, 0) is 0 Å². The molecule has 0 radical (unpaired) electrons. The lowest BCUT2D eigenvalue weighted by atomic mass is 9.73. The van der Waals surface area contributed by atoms with E-state index in [1.165, 1.54) is 63.8 Å². The van der Waals surface area contributed by atoms with Gasteiger partial charge in [-0.25, -0.2) is 0 Å². The molecule has 49 heavy (non-hydrogen) atoms. The molecule has 0 aliphatic heterocycles. The van der Waals surface area contributed by atoms with E-state index in [0.717, 1.165) is 12.8 Å². The highest BCUT2D eigenvalue weighted by Crippen LogP contribution is 2.43. The first-order chi connectivity index (χ1) is 24.2. The predicted octanol–water partition coefficient (Wildman–Crippen LogP) is 13.7. The van der Waals surface area contributed by atoms with Crippen LogP contribution in [0.5, 0.6) is 0 Å². The van der Waals surface area contributed by atoms with Crippen molar-refractivity contribution in [2.75, 3.05) is 0 Å². The molecule has 0 aromatic heterocycles. The van der Waals surface area contributed by atoms with Crippen LogP contribution in [0.25, 0.3) is 11.1 Å². The molecule has 0 heterocycles. The van der Waals surface area contributed by atoms with Crippen LogP contribution < -0.4 is 0 Å². The first-order valence-electron chi connectivity index (χ1n) is 18.3. The fraction of sp³-hybridized carbons (Fsp3) is 0.224. The highest BCUT2D eigenvalue weighted by atomic mass is 14.3. The molecule has 0 heteroatoms. The number of benzene rings is 6. The van der Waals surface area contributed by atoms with Crippen LogP contribution in [0.4, 0.5) is 0 Å². The molecule has 6 rings (SSSR count). The monoisotopic (exact) mass is 638 g/mol. The molecule has 0 N–H and O–H groups in total. The number of hydrogen-bond donors (Lipinski definition) is 0. The molecule has 0 saturated carbocycles. The van der Waals surface area contributed by atoms with Crippen LogP contribution in [0.15, 0.2) is 182 Å². The van der Waals surface area contributed by atoms with Gasteiger partial charge in [-0.15, -0.1) is 0 Å². The largest absolute Gasteiger partial charge is 0.0917 e. The summed E-state index contributed by atoms with van der Waals surface area (Å²) in [6.45, 7) is 4.47. The van der Waals surface area contributed by atoms with Gasteiger partial charge < -0.3 is 0 Å². The second-order valence-corrected chi connectivity index (χ2v) is 13.4. The van der Waals surface area contributed by atoms with Crippen molar-refractivity contribution >= 4 is 0 Å². The Morgan fingerprint density at radius 2 is 0.735 bits per heavy atom. The van der Waals surface area contributed by atoms with Crippen LogP contribution >= 0.6 is 0 Å². The summed E-state index contributed by atoms with van der Waals surface area (Å²) >= 11 is 0. The van der Waals surface area contributed by atoms with Gasteiger partial charge in [-0.05, 0) is 95.4 Å². The Hall–Kier alpha value is -4.94. The van der Waals surface area contributed by atoms with Gasteiger partial charge in [0.05, 0.1) is 0 Å². The smallest absolute Gasteiger partial charge is 0.0199 e. The van der Waals surface area contributed by atoms with Gasteiger partial charge >= 0.3 is 0 Å². The summed E-state index contributed by atoms with van der Waals surface area (Å²) in [7, 11) is 0. The average molecular weight is 639 g/mol. The summed E-state index contributed by atoms with van der Waals surface area (Å²) < 4.78 is 0. The van der Waals surface area contributed by atoms with Crippen molar-refractivity contribution in [2.45, 2.75) is 69.6 Å². The second-order valence-electron chi connectivity index (χ2n) is 13.4. The maximum absolute atomic E-state index is 2.38. The SMILES string of the molecule is C/C=C/CCC(CCC(CC)c1ccc(-c2ccc(C(c3ccccc3)C(c3ccccc3)c3ccccc3)cc2)cc1)c1ccccc1. The summed E-state index contributed by atoms with van der Waals surface area (Å²) in [5.74, 6) is 1.56. The minimum Gasteiger partial charge on any atom is -0.0917 e. The highest BCUT2D eigenvalue weighted by Gasteiger charge is 2.28. The van der Waals surface area contributed by atoms with Gasteiger partial charge in [-0.3, -0.25) is 0 Å². The lowest BCUT2D eigenvalue weighted by molar-refractivity contribution is 0.498. The molecule has 246 valence electrons. The fourth-order valence-electron chi connectivity index (χ4n) is 7.64. The van der Waals surface area contributed by atoms with E-state index in [4.69, 9.17) is 0 Å². The average Bonchev–Trinajstić information content (AvgIpc) is 3.18. The topological polar surface area (TPSA) is 0 Å². The molecule has 0 amide bonds. The van der Waals surface area contributed by atoms with Gasteiger partial charge in [-0.1, -0.05) is 189 Å². The number of allylic oxidation sites excluding steroid dienone is 2. The second kappa shape index (κ2) is 17.5. The Morgan fingerprint density at radius 3 is 1.14 bits per heavy atom. The molecular weight excluding hydrogens is 589 g/mol. The third kappa shape index (κ3) is 8.76. The van der Waals surface area contributed by atoms with Crippen molar-refractivity contribution in [3.8, 4) is 11.1 Å². The molecule has 0 aliphatic rings. The summed E-state index contributed by atoms with van der Waals surface area (Å²) in [6, 6.07) is 62.9. The number of hydrogen-bond acceptors (Lipinski definition) is 0. The molecule has 0 bridgehead atoms. The van der Waals surface area contributed by atoms with Gasteiger partial charge in [0.25, 0.3) is 0 Å². The molecule has 3 unspecified atom stereocenters. The van der Waals surface area contributed by atoms with Crippen LogP contribution in [0.2, 0.25) is 0 Å². The summed E-state index contributed by atoms with van der Waals surface area (Å²) in [4.78, 5) is 0. The normalized spacial score (nSPS) is 13.4. The van der Waals surface area contributed by atoms with Crippen LogP contribution in [-0.4, -0.2) is 0 Å². The van der Waals surface area contributed by atoms with Gasteiger partial charge in [0.1, 0.15) is 0 Å².